The molecular formula is C25H27N3S. The van der Waals surface area contributed by atoms with E-state index in [1.807, 2.05) is 12.1 Å². The molecule has 0 aliphatic heterocycles. The zero-order valence-corrected chi connectivity index (χ0v) is 18.3. The Kier molecular flexibility index (Phi) is 5.63. The van der Waals surface area contributed by atoms with Crippen molar-refractivity contribution in [3.63, 3.8) is 0 Å². The van der Waals surface area contributed by atoms with Gasteiger partial charge in [0.1, 0.15) is 5.01 Å². The molecule has 1 N–H and O–H groups in total. The van der Waals surface area contributed by atoms with Crippen molar-refractivity contribution >= 4 is 27.2 Å². The zero-order valence-electron chi connectivity index (χ0n) is 17.4. The average molecular weight is 402 g/mol. The number of rotatable bonds is 6. The van der Waals surface area contributed by atoms with Crippen LogP contribution in [0.1, 0.15) is 56.4 Å². The molecule has 0 aliphatic rings. The standard InChI is InChI=1S/C25H27N3S/c1-16(2)19-10-8-11-20(17(3)4)24(19)26-15-18-9-7-13-22(27-18)25-28-21-12-5-6-14-23(21)29-25/h5-14,16-17,26H,15H2,1-4H3. The van der Waals surface area contributed by atoms with E-state index in [1.54, 1.807) is 11.3 Å². The van der Waals surface area contributed by atoms with Gasteiger partial charge in [0, 0.05) is 5.69 Å². The van der Waals surface area contributed by atoms with Crippen LogP contribution in [-0.4, -0.2) is 9.97 Å². The lowest BCUT2D eigenvalue weighted by molar-refractivity contribution is 0.831. The molecule has 0 spiro atoms. The number of hydrogen-bond donors (Lipinski definition) is 1. The number of nitrogens with one attached hydrogen (secondary N) is 1. The topological polar surface area (TPSA) is 37.8 Å². The van der Waals surface area contributed by atoms with Gasteiger partial charge in [-0.05, 0) is 47.2 Å². The lowest BCUT2D eigenvalue weighted by Crippen LogP contribution is -2.08. The fraction of sp³-hybridized carbons (Fsp3) is 0.280. The molecule has 0 amide bonds. The quantitative estimate of drug-likeness (QED) is 0.371. The van der Waals surface area contributed by atoms with E-state index < -0.39 is 0 Å². The van der Waals surface area contributed by atoms with Crippen LogP contribution < -0.4 is 5.32 Å². The minimum Gasteiger partial charge on any atom is -0.379 e. The summed E-state index contributed by atoms with van der Waals surface area (Å²) in [6.45, 7) is 9.68. The van der Waals surface area contributed by atoms with Crippen LogP contribution in [0.4, 0.5) is 5.69 Å². The number of para-hydroxylation sites is 2. The van der Waals surface area contributed by atoms with Gasteiger partial charge in [-0.25, -0.2) is 9.97 Å². The van der Waals surface area contributed by atoms with Crippen molar-refractivity contribution in [3.8, 4) is 10.7 Å². The second-order valence-corrected chi connectivity index (χ2v) is 9.01. The zero-order chi connectivity index (χ0) is 20.4. The monoisotopic (exact) mass is 401 g/mol. The van der Waals surface area contributed by atoms with Crippen LogP contribution in [0.2, 0.25) is 0 Å². The van der Waals surface area contributed by atoms with Gasteiger partial charge in [0.15, 0.2) is 0 Å². The number of nitrogens with zero attached hydrogens (tertiary/aromatic N) is 2. The fourth-order valence-corrected chi connectivity index (χ4v) is 4.55. The number of thiazole rings is 1. The maximum atomic E-state index is 4.89. The molecule has 3 nitrogen and oxygen atoms in total. The van der Waals surface area contributed by atoms with E-state index in [4.69, 9.17) is 9.97 Å². The summed E-state index contributed by atoms with van der Waals surface area (Å²) in [6.07, 6.45) is 0. The molecule has 148 valence electrons. The van der Waals surface area contributed by atoms with Crippen LogP contribution >= 0.6 is 11.3 Å². The first-order valence-corrected chi connectivity index (χ1v) is 11.0. The lowest BCUT2D eigenvalue weighted by Gasteiger charge is -2.21. The number of pyridine rings is 1. The van der Waals surface area contributed by atoms with Crippen molar-refractivity contribution < 1.29 is 0 Å². The Morgan fingerprint density at radius 1 is 0.793 bits per heavy atom. The smallest absolute Gasteiger partial charge is 0.143 e. The molecule has 0 fully saturated rings. The van der Waals surface area contributed by atoms with Crippen molar-refractivity contribution in [1.82, 2.24) is 9.97 Å². The molecule has 0 unspecified atom stereocenters. The summed E-state index contributed by atoms with van der Waals surface area (Å²) in [5.74, 6) is 0.941. The highest BCUT2D eigenvalue weighted by Gasteiger charge is 2.14. The van der Waals surface area contributed by atoms with Gasteiger partial charge in [-0.3, -0.25) is 0 Å². The molecule has 0 saturated heterocycles. The predicted molar refractivity (Wildman–Crippen MR) is 125 cm³/mol. The summed E-state index contributed by atoms with van der Waals surface area (Å²) >= 11 is 1.69. The van der Waals surface area contributed by atoms with Crippen LogP contribution in [0, 0.1) is 0 Å². The molecule has 4 rings (SSSR count). The third-order valence-electron chi connectivity index (χ3n) is 5.14. The highest BCUT2D eigenvalue weighted by Crippen LogP contribution is 2.33. The summed E-state index contributed by atoms with van der Waals surface area (Å²) in [7, 11) is 0. The first-order chi connectivity index (χ1) is 14.0. The van der Waals surface area contributed by atoms with E-state index in [-0.39, 0.29) is 0 Å². The molecule has 0 saturated carbocycles. The normalized spacial score (nSPS) is 11.5. The first kappa shape index (κ1) is 19.6. The fourth-order valence-electron chi connectivity index (χ4n) is 3.61. The highest BCUT2D eigenvalue weighted by atomic mass is 32.1. The Morgan fingerprint density at radius 3 is 2.17 bits per heavy atom. The van der Waals surface area contributed by atoms with Crippen LogP contribution in [0.15, 0.2) is 60.7 Å². The maximum Gasteiger partial charge on any atom is 0.143 e. The summed E-state index contributed by atoms with van der Waals surface area (Å²) in [5, 5.41) is 4.66. The number of fused-ring (bicyclic) bond motifs is 1. The Labute approximate surface area is 176 Å². The highest BCUT2D eigenvalue weighted by molar-refractivity contribution is 7.21. The molecule has 2 aromatic carbocycles. The summed E-state index contributed by atoms with van der Waals surface area (Å²) < 4.78 is 1.19. The van der Waals surface area contributed by atoms with Gasteiger partial charge < -0.3 is 5.32 Å². The lowest BCUT2D eigenvalue weighted by atomic mass is 9.92. The SMILES string of the molecule is CC(C)c1cccc(C(C)C)c1NCc1cccc(-c2nc3ccccc3s2)n1. The van der Waals surface area contributed by atoms with Crippen LogP contribution in [0.3, 0.4) is 0 Å². The molecule has 0 radical (unpaired) electrons. The molecule has 0 aliphatic carbocycles. The van der Waals surface area contributed by atoms with E-state index in [0.717, 1.165) is 21.9 Å². The van der Waals surface area contributed by atoms with E-state index in [1.165, 1.54) is 21.5 Å². The van der Waals surface area contributed by atoms with Gasteiger partial charge >= 0.3 is 0 Å². The first-order valence-electron chi connectivity index (χ1n) is 10.2. The van der Waals surface area contributed by atoms with Gasteiger partial charge in [0.2, 0.25) is 0 Å². The van der Waals surface area contributed by atoms with Crippen LogP contribution in [0.25, 0.3) is 20.9 Å². The number of benzene rings is 2. The number of aromatic nitrogens is 2. The largest absolute Gasteiger partial charge is 0.379 e. The molecule has 4 aromatic rings. The van der Waals surface area contributed by atoms with E-state index >= 15 is 0 Å². The predicted octanol–water partition coefficient (Wildman–Crippen LogP) is 7.22. The number of hydrogen-bond acceptors (Lipinski definition) is 4. The molecule has 4 heteroatoms. The van der Waals surface area contributed by atoms with Crippen molar-refractivity contribution in [2.24, 2.45) is 0 Å². The van der Waals surface area contributed by atoms with Gasteiger partial charge in [-0.2, -0.15) is 0 Å². The average Bonchev–Trinajstić information content (AvgIpc) is 3.16. The Morgan fingerprint density at radius 2 is 1.48 bits per heavy atom. The second kappa shape index (κ2) is 8.34. The van der Waals surface area contributed by atoms with E-state index in [9.17, 15) is 0 Å². The minimum absolute atomic E-state index is 0.471. The van der Waals surface area contributed by atoms with Gasteiger partial charge in [0.25, 0.3) is 0 Å². The Bertz CT molecular complexity index is 1070. The molecule has 0 atom stereocenters. The second-order valence-electron chi connectivity index (χ2n) is 7.98. The van der Waals surface area contributed by atoms with Crippen molar-refractivity contribution in [2.45, 2.75) is 46.1 Å². The van der Waals surface area contributed by atoms with Gasteiger partial charge in [-0.1, -0.05) is 64.1 Å². The van der Waals surface area contributed by atoms with Crippen molar-refractivity contribution in [1.29, 1.82) is 0 Å². The molecule has 0 bridgehead atoms. The Balaban J connectivity index is 1.61. The van der Waals surface area contributed by atoms with Crippen molar-refractivity contribution in [3.05, 3.63) is 77.5 Å². The molecule has 2 aromatic heterocycles. The van der Waals surface area contributed by atoms with Gasteiger partial charge in [0.05, 0.1) is 28.1 Å². The third kappa shape index (κ3) is 4.18. The maximum absolute atomic E-state index is 4.89. The Hall–Kier alpha value is -2.72. The van der Waals surface area contributed by atoms with Crippen LogP contribution in [-0.2, 0) is 6.54 Å². The molecule has 2 heterocycles. The van der Waals surface area contributed by atoms with E-state index in [0.29, 0.717) is 18.4 Å². The minimum atomic E-state index is 0.471. The number of anilines is 1. The summed E-state index contributed by atoms with van der Waals surface area (Å²) in [6, 6.07) is 21.1. The van der Waals surface area contributed by atoms with Crippen molar-refractivity contribution in [2.75, 3.05) is 5.32 Å². The molecule has 29 heavy (non-hydrogen) atoms. The summed E-state index contributed by atoms with van der Waals surface area (Å²) in [4.78, 5) is 9.64. The van der Waals surface area contributed by atoms with Crippen LogP contribution in [0.5, 0.6) is 0 Å². The molecular weight excluding hydrogens is 374 g/mol. The third-order valence-corrected chi connectivity index (χ3v) is 6.20. The van der Waals surface area contributed by atoms with Gasteiger partial charge in [-0.15, -0.1) is 11.3 Å². The summed E-state index contributed by atoms with van der Waals surface area (Å²) in [5.41, 5.74) is 6.97. The van der Waals surface area contributed by atoms with E-state index in [2.05, 4.69) is 81.5 Å².